The molecule has 144 valence electrons. The van der Waals surface area contributed by atoms with E-state index in [4.69, 9.17) is 17.2 Å². The lowest BCUT2D eigenvalue weighted by molar-refractivity contribution is -0.142. The molecule has 0 rings (SSSR count). The molecule has 0 fully saturated rings. The van der Waals surface area contributed by atoms with E-state index >= 15 is 0 Å². The summed E-state index contributed by atoms with van der Waals surface area (Å²) < 4.78 is 0. The molecule has 0 aliphatic carbocycles. The number of aliphatic imine (C=N–C) groups is 1. The van der Waals surface area contributed by atoms with E-state index in [9.17, 15) is 19.5 Å². The van der Waals surface area contributed by atoms with Crippen molar-refractivity contribution in [1.29, 1.82) is 0 Å². The Morgan fingerprint density at radius 1 is 1.12 bits per heavy atom. The second kappa shape index (κ2) is 12.4. The lowest BCUT2D eigenvalue weighted by Gasteiger charge is -2.22. The van der Waals surface area contributed by atoms with Crippen LogP contribution in [0, 0.1) is 0 Å². The van der Waals surface area contributed by atoms with Gasteiger partial charge in [-0.25, -0.2) is 4.79 Å². The number of nitrogens with zero attached hydrogens (tertiary/aromatic N) is 1. The van der Waals surface area contributed by atoms with Gasteiger partial charge in [-0.2, -0.15) is 11.8 Å². The van der Waals surface area contributed by atoms with E-state index in [0.717, 1.165) is 0 Å². The summed E-state index contributed by atoms with van der Waals surface area (Å²) in [4.78, 5) is 39.2. The summed E-state index contributed by atoms with van der Waals surface area (Å²) in [5.41, 5.74) is 16.0. The third kappa shape index (κ3) is 10.5. The van der Waals surface area contributed by atoms with Crippen LogP contribution >= 0.6 is 11.8 Å². The van der Waals surface area contributed by atoms with Gasteiger partial charge in [0.1, 0.15) is 12.1 Å². The molecule has 0 saturated heterocycles. The van der Waals surface area contributed by atoms with E-state index in [2.05, 4.69) is 15.6 Å². The fourth-order valence-electron chi connectivity index (χ4n) is 1.84. The number of aliphatic carboxylic acids is 1. The molecule has 2 amide bonds. The van der Waals surface area contributed by atoms with Gasteiger partial charge in [0.2, 0.25) is 11.8 Å². The molecule has 10 nitrogen and oxygen atoms in total. The summed E-state index contributed by atoms with van der Waals surface area (Å²) in [5, 5.41) is 14.2. The first-order valence-corrected chi connectivity index (χ1v) is 9.21. The second-order valence-corrected chi connectivity index (χ2v) is 6.47. The van der Waals surface area contributed by atoms with Crippen molar-refractivity contribution in [3.63, 3.8) is 0 Å². The molecular weight excluding hydrogens is 348 g/mol. The van der Waals surface area contributed by atoms with Gasteiger partial charge in [0.05, 0.1) is 6.04 Å². The lowest BCUT2D eigenvalue weighted by atomic mass is 10.1. The highest BCUT2D eigenvalue weighted by atomic mass is 32.2. The van der Waals surface area contributed by atoms with Crippen LogP contribution in [0.15, 0.2) is 4.99 Å². The van der Waals surface area contributed by atoms with Crippen molar-refractivity contribution in [2.24, 2.45) is 22.2 Å². The number of rotatable bonds is 12. The average molecular weight is 376 g/mol. The van der Waals surface area contributed by atoms with Crippen LogP contribution in [0.1, 0.15) is 26.2 Å². The van der Waals surface area contributed by atoms with Crippen molar-refractivity contribution in [3.05, 3.63) is 0 Å². The number of nitrogens with one attached hydrogen (secondary N) is 2. The number of hydrogen-bond acceptors (Lipinski definition) is 6. The van der Waals surface area contributed by atoms with Crippen molar-refractivity contribution >= 4 is 35.5 Å². The first-order valence-electron chi connectivity index (χ1n) is 7.82. The number of nitrogens with two attached hydrogens (primary N) is 3. The minimum absolute atomic E-state index is 0.0661. The van der Waals surface area contributed by atoms with Crippen molar-refractivity contribution < 1.29 is 19.5 Å². The fraction of sp³-hybridized carbons (Fsp3) is 0.714. The molecule has 0 aliphatic rings. The smallest absolute Gasteiger partial charge is 0.326 e. The Labute approximate surface area is 151 Å². The average Bonchev–Trinajstić information content (AvgIpc) is 2.53. The first kappa shape index (κ1) is 23.0. The predicted molar refractivity (Wildman–Crippen MR) is 98.1 cm³/mol. The highest BCUT2D eigenvalue weighted by Crippen LogP contribution is 2.04. The van der Waals surface area contributed by atoms with E-state index in [-0.39, 0.29) is 25.3 Å². The van der Waals surface area contributed by atoms with Crippen LogP contribution in [0.25, 0.3) is 0 Å². The van der Waals surface area contributed by atoms with Gasteiger partial charge < -0.3 is 32.9 Å². The molecule has 0 aromatic carbocycles. The van der Waals surface area contributed by atoms with Crippen LogP contribution < -0.4 is 27.8 Å². The van der Waals surface area contributed by atoms with Gasteiger partial charge in [0.15, 0.2) is 5.96 Å². The monoisotopic (exact) mass is 376 g/mol. The fourth-order valence-corrected chi connectivity index (χ4v) is 2.31. The minimum Gasteiger partial charge on any atom is -0.480 e. The number of amides is 2. The van der Waals surface area contributed by atoms with Crippen LogP contribution in [0.4, 0.5) is 0 Å². The molecule has 0 saturated carbocycles. The van der Waals surface area contributed by atoms with Gasteiger partial charge in [-0.15, -0.1) is 0 Å². The zero-order valence-electron chi connectivity index (χ0n) is 14.5. The molecule has 0 aliphatic heterocycles. The Morgan fingerprint density at radius 3 is 2.20 bits per heavy atom. The van der Waals surface area contributed by atoms with E-state index in [1.54, 1.807) is 0 Å². The largest absolute Gasteiger partial charge is 0.480 e. The van der Waals surface area contributed by atoms with Crippen molar-refractivity contribution in [1.82, 2.24) is 10.6 Å². The molecule has 3 unspecified atom stereocenters. The zero-order chi connectivity index (χ0) is 19.4. The summed E-state index contributed by atoms with van der Waals surface area (Å²) >= 11 is 1.48. The summed E-state index contributed by atoms with van der Waals surface area (Å²) in [7, 11) is 0. The summed E-state index contributed by atoms with van der Waals surface area (Å²) in [6.07, 6.45) is 2.80. The van der Waals surface area contributed by atoms with Gasteiger partial charge in [0.25, 0.3) is 0 Å². The quantitative estimate of drug-likeness (QED) is 0.131. The molecule has 0 heterocycles. The maximum atomic E-state index is 12.4. The van der Waals surface area contributed by atoms with Gasteiger partial charge in [-0.05, 0) is 38.2 Å². The molecule has 0 radical (unpaired) electrons. The van der Waals surface area contributed by atoms with Crippen molar-refractivity contribution in [2.45, 2.75) is 44.3 Å². The van der Waals surface area contributed by atoms with Crippen LogP contribution in [0.2, 0.25) is 0 Å². The van der Waals surface area contributed by atoms with E-state index in [1.165, 1.54) is 18.7 Å². The third-order valence-corrected chi connectivity index (χ3v) is 3.86. The number of thioether (sulfide) groups is 1. The highest BCUT2D eigenvalue weighted by Gasteiger charge is 2.26. The van der Waals surface area contributed by atoms with Crippen LogP contribution in [0.5, 0.6) is 0 Å². The van der Waals surface area contributed by atoms with Crippen LogP contribution in [-0.2, 0) is 14.4 Å². The molecule has 0 bridgehead atoms. The van der Waals surface area contributed by atoms with Crippen molar-refractivity contribution in [2.75, 3.05) is 18.6 Å². The standard InChI is InChI=1S/C14H28N6O4S/c1-8(15)11(21)19-9(4-3-6-18-14(16)17)12(22)20-10(13(23)24)5-7-25-2/h8-10H,3-7,15H2,1-2H3,(H,19,21)(H,20,22)(H,23,24)(H4,16,17,18). The number of hydrogen-bond donors (Lipinski definition) is 6. The van der Waals surface area contributed by atoms with Crippen LogP contribution in [-0.4, -0.2) is 65.5 Å². The third-order valence-electron chi connectivity index (χ3n) is 3.22. The SMILES string of the molecule is CSCCC(NC(=O)C(CCCN=C(N)N)NC(=O)C(C)N)C(=O)O. The zero-order valence-corrected chi connectivity index (χ0v) is 15.3. The van der Waals surface area contributed by atoms with Gasteiger partial charge in [0, 0.05) is 6.54 Å². The van der Waals surface area contributed by atoms with Crippen molar-refractivity contribution in [3.8, 4) is 0 Å². The lowest BCUT2D eigenvalue weighted by Crippen LogP contribution is -2.54. The predicted octanol–water partition coefficient (Wildman–Crippen LogP) is -1.81. The molecule has 3 atom stereocenters. The Balaban J connectivity index is 4.89. The maximum Gasteiger partial charge on any atom is 0.326 e. The highest BCUT2D eigenvalue weighted by molar-refractivity contribution is 7.98. The number of carbonyl (C=O) groups excluding carboxylic acids is 2. The molecule has 25 heavy (non-hydrogen) atoms. The Bertz CT molecular complexity index is 482. The number of carbonyl (C=O) groups is 3. The van der Waals surface area contributed by atoms with E-state index in [0.29, 0.717) is 12.2 Å². The number of carboxylic acid groups (broad SMARTS) is 1. The van der Waals surface area contributed by atoms with E-state index in [1.807, 2.05) is 6.26 Å². The molecular formula is C14H28N6O4S. The molecule has 11 heteroatoms. The Kier molecular flexibility index (Phi) is 11.4. The molecule has 0 aromatic rings. The normalized spacial score (nSPS) is 14.0. The first-order chi connectivity index (χ1) is 11.7. The minimum atomic E-state index is -1.12. The molecule has 0 aromatic heterocycles. The second-order valence-electron chi connectivity index (χ2n) is 5.48. The summed E-state index contributed by atoms with van der Waals surface area (Å²) in [6.45, 7) is 1.78. The maximum absolute atomic E-state index is 12.4. The number of guanidine groups is 1. The molecule has 0 spiro atoms. The Hall–Kier alpha value is -2.01. The van der Waals surface area contributed by atoms with Gasteiger partial charge in [-0.1, -0.05) is 0 Å². The van der Waals surface area contributed by atoms with Gasteiger partial charge in [-0.3, -0.25) is 14.6 Å². The topological polar surface area (TPSA) is 186 Å². The summed E-state index contributed by atoms with van der Waals surface area (Å²) in [5.74, 6) is -1.69. The Morgan fingerprint density at radius 2 is 1.72 bits per heavy atom. The number of carboxylic acids is 1. The van der Waals surface area contributed by atoms with Crippen LogP contribution in [0.3, 0.4) is 0 Å². The molecule has 9 N–H and O–H groups in total. The van der Waals surface area contributed by atoms with Gasteiger partial charge >= 0.3 is 5.97 Å². The summed E-state index contributed by atoms with van der Waals surface area (Å²) in [6, 6.07) is -2.73. The van der Waals surface area contributed by atoms with E-state index < -0.39 is 35.9 Å².